The highest BCUT2D eigenvalue weighted by atomic mass is 32.1. The molecule has 1 saturated heterocycles. The Labute approximate surface area is 281 Å². The van der Waals surface area contributed by atoms with Gasteiger partial charge in [0.25, 0.3) is 0 Å². The van der Waals surface area contributed by atoms with Crippen LogP contribution >= 0.6 is 11.3 Å². The van der Waals surface area contributed by atoms with Crippen molar-refractivity contribution in [1.82, 2.24) is 0 Å². The summed E-state index contributed by atoms with van der Waals surface area (Å²) in [6.07, 6.45) is 0. The standard InChI is InChI=1S/C42H36BNO2S/c1-41(2)42(3,4)46-43(45-41)33-19-25-39-37(27-33)38-28-36(24-26-40(38)47-39)44(34-20-15-31(16-21-34)29-11-7-5-8-12-29)35-22-17-32(18-23-35)30-13-9-6-10-14-30/h5-28H,1-4H3. The lowest BCUT2D eigenvalue weighted by Gasteiger charge is -2.32. The summed E-state index contributed by atoms with van der Waals surface area (Å²) < 4.78 is 15.4. The number of thiophene rings is 1. The Bertz CT molecular complexity index is 2090. The average molecular weight is 630 g/mol. The zero-order valence-corrected chi connectivity index (χ0v) is 27.9. The van der Waals surface area contributed by atoms with Crippen molar-refractivity contribution >= 4 is 61.2 Å². The van der Waals surface area contributed by atoms with Crippen molar-refractivity contribution in [3.05, 3.63) is 146 Å². The van der Waals surface area contributed by atoms with E-state index < -0.39 is 7.12 Å². The molecule has 0 N–H and O–H groups in total. The quantitative estimate of drug-likeness (QED) is 0.171. The molecule has 0 aliphatic carbocycles. The normalized spacial score (nSPS) is 15.4. The summed E-state index contributed by atoms with van der Waals surface area (Å²) in [7, 11) is -0.398. The molecule has 6 aromatic carbocycles. The van der Waals surface area contributed by atoms with Gasteiger partial charge in [-0.3, -0.25) is 0 Å². The number of nitrogens with zero attached hydrogens (tertiary/aromatic N) is 1. The van der Waals surface area contributed by atoms with Gasteiger partial charge in [0.15, 0.2) is 0 Å². The van der Waals surface area contributed by atoms with Crippen LogP contribution in [0, 0.1) is 0 Å². The molecule has 7 aromatic rings. The first-order chi connectivity index (χ1) is 22.8. The molecule has 3 nitrogen and oxygen atoms in total. The zero-order valence-electron chi connectivity index (χ0n) is 27.1. The first-order valence-electron chi connectivity index (χ1n) is 16.2. The van der Waals surface area contributed by atoms with Crippen LogP contribution in [0.5, 0.6) is 0 Å². The van der Waals surface area contributed by atoms with Crippen LogP contribution in [0.1, 0.15) is 27.7 Å². The Balaban J connectivity index is 1.22. The molecule has 230 valence electrons. The summed E-state index contributed by atoms with van der Waals surface area (Å²) in [6.45, 7) is 8.41. The van der Waals surface area contributed by atoms with E-state index in [2.05, 4.69) is 178 Å². The van der Waals surface area contributed by atoms with Gasteiger partial charge in [-0.05, 0) is 104 Å². The average Bonchev–Trinajstić information content (AvgIpc) is 3.57. The van der Waals surface area contributed by atoms with E-state index in [-0.39, 0.29) is 11.2 Å². The lowest BCUT2D eigenvalue weighted by atomic mass is 9.78. The maximum atomic E-state index is 6.42. The molecule has 1 aromatic heterocycles. The first kappa shape index (κ1) is 29.7. The maximum Gasteiger partial charge on any atom is 0.494 e. The van der Waals surface area contributed by atoms with E-state index in [0.717, 1.165) is 22.5 Å². The Morgan fingerprint density at radius 2 is 0.894 bits per heavy atom. The van der Waals surface area contributed by atoms with Crippen molar-refractivity contribution in [3.8, 4) is 22.3 Å². The number of anilines is 3. The molecular formula is C42H36BNO2S. The predicted molar refractivity (Wildman–Crippen MR) is 201 cm³/mol. The van der Waals surface area contributed by atoms with Crippen LogP contribution in [0.25, 0.3) is 42.4 Å². The third kappa shape index (κ3) is 5.45. The second-order valence-electron chi connectivity index (χ2n) is 13.3. The Morgan fingerprint density at radius 1 is 0.468 bits per heavy atom. The van der Waals surface area contributed by atoms with Crippen LogP contribution in [0.2, 0.25) is 0 Å². The van der Waals surface area contributed by atoms with Gasteiger partial charge in [0, 0.05) is 37.2 Å². The van der Waals surface area contributed by atoms with Crippen LogP contribution in [0.15, 0.2) is 146 Å². The zero-order chi connectivity index (χ0) is 32.2. The second-order valence-corrected chi connectivity index (χ2v) is 14.4. The Kier molecular flexibility index (Phi) is 7.29. The van der Waals surface area contributed by atoms with Crippen molar-refractivity contribution in [1.29, 1.82) is 0 Å². The van der Waals surface area contributed by atoms with E-state index in [9.17, 15) is 0 Å². The Hall–Kier alpha value is -4.68. The van der Waals surface area contributed by atoms with Crippen molar-refractivity contribution in [3.63, 3.8) is 0 Å². The Morgan fingerprint density at radius 3 is 1.40 bits per heavy atom. The maximum absolute atomic E-state index is 6.42. The minimum atomic E-state index is -0.398. The molecule has 0 atom stereocenters. The number of hydrogen-bond donors (Lipinski definition) is 0. The van der Waals surface area contributed by atoms with Gasteiger partial charge in [-0.2, -0.15) is 0 Å². The fraction of sp³-hybridized carbons (Fsp3) is 0.143. The molecule has 1 aliphatic heterocycles. The molecule has 2 heterocycles. The molecule has 47 heavy (non-hydrogen) atoms. The lowest BCUT2D eigenvalue weighted by Crippen LogP contribution is -2.41. The summed E-state index contributed by atoms with van der Waals surface area (Å²) in [5.74, 6) is 0. The topological polar surface area (TPSA) is 21.7 Å². The smallest absolute Gasteiger partial charge is 0.399 e. The minimum Gasteiger partial charge on any atom is -0.399 e. The van der Waals surface area contributed by atoms with E-state index in [4.69, 9.17) is 9.31 Å². The third-order valence-corrected chi connectivity index (χ3v) is 10.9. The highest BCUT2D eigenvalue weighted by molar-refractivity contribution is 7.25. The summed E-state index contributed by atoms with van der Waals surface area (Å²) in [5.41, 5.74) is 8.41. The third-order valence-electron chi connectivity index (χ3n) is 9.73. The highest BCUT2D eigenvalue weighted by Gasteiger charge is 2.51. The monoisotopic (exact) mass is 629 g/mol. The van der Waals surface area contributed by atoms with Crippen molar-refractivity contribution in [2.45, 2.75) is 38.9 Å². The summed E-state index contributed by atoms with van der Waals surface area (Å²) in [6, 6.07) is 52.3. The van der Waals surface area contributed by atoms with Gasteiger partial charge in [-0.25, -0.2) is 0 Å². The predicted octanol–water partition coefficient (Wildman–Crippen LogP) is 11.2. The molecular weight excluding hydrogens is 593 g/mol. The number of benzene rings is 6. The summed E-state index contributed by atoms with van der Waals surface area (Å²) in [4.78, 5) is 2.35. The number of hydrogen-bond acceptors (Lipinski definition) is 4. The molecule has 0 amide bonds. The van der Waals surface area contributed by atoms with E-state index in [1.165, 1.54) is 42.4 Å². The van der Waals surface area contributed by atoms with Crippen molar-refractivity contribution in [2.75, 3.05) is 4.90 Å². The van der Waals surface area contributed by atoms with Gasteiger partial charge in [-0.15, -0.1) is 11.3 Å². The number of fused-ring (bicyclic) bond motifs is 3. The van der Waals surface area contributed by atoms with E-state index >= 15 is 0 Å². The van der Waals surface area contributed by atoms with Crippen molar-refractivity contribution in [2.24, 2.45) is 0 Å². The molecule has 1 fully saturated rings. The second kappa shape index (κ2) is 11.5. The molecule has 0 saturated carbocycles. The fourth-order valence-corrected chi connectivity index (χ4v) is 7.43. The van der Waals surface area contributed by atoms with Gasteiger partial charge in [-0.1, -0.05) is 97.1 Å². The van der Waals surface area contributed by atoms with Gasteiger partial charge in [0.1, 0.15) is 0 Å². The highest BCUT2D eigenvalue weighted by Crippen LogP contribution is 2.42. The van der Waals surface area contributed by atoms with Gasteiger partial charge in [0.2, 0.25) is 0 Å². The molecule has 1 aliphatic rings. The van der Waals surface area contributed by atoms with E-state index in [1.54, 1.807) is 0 Å². The largest absolute Gasteiger partial charge is 0.494 e. The van der Waals surface area contributed by atoms with E-state index in [0.29, 0.717) is 0 Å². The number of rotatable bonds is 6. The van der Waals surface area contributed by atoms with Gasteiger partial charge < -0.3 is 14.2 Å². The van der Waals surface area contributed by atoms with Crippen LogP contribution in [-0.2, 0) is 9.31 Å². The van der Waals surface area contributed by atoms with Gasteiger partial charge in [0.05, 0.1) is 11.2 Å². The molecule has 0 radical (unpaired) electrons. The SMILES string of the molecule is CC1(C)OB(c2ccc3sc4ccc(N(c5ccc(-c6ccccc6)cc5)c5ccc(-c6ccccc6)cc5)cc4c3c2)OC1(C)C. The van der Waals surface area contributed by atoms with Crippen LogP contribution in [0.4, 0.5) is 17.1 Å². The molecule has 5 heteroatoms. The van der Waals surface area contributed by atoms with Gasteiger partial charge >= 0.3 is 7.12 Å². The van der Waals surface area contributed by atoms with Crippen LogP contribution in [0.3, 0.4) is 0 Å². The molecule has 0 unspecified atom stereocenters. The molecule has 8 rings (SSSR count). The summed E-state index contributed by atoms with van der Waals surface area (Å²) in [5, 5.41) is 2.45. The molecule has 0 bridgehead atoms. The minimum absolute atomic E-state index is 0.386. The fourth-order valence-electron chi connectivity index (χ4n) is 6.36. The molecule has 0 spiro atoms. The summed E-state index contributed by atoms with van der Waals surface area (Å²) >= 11 is 1.82. The van der Waals surface area contributed by atoms with E-state index in [1.807, 2.05) is 11.3 Å². The van der Waals surface area contributed by atoms with Crippen LogP contribution in [-0.4, -0.2) is 18.3 Å². The first-order valence-corrected chi connectivity index (χ1v) is 17.0. The van der Waals surface area contributed by atoms with Crippen LogP contribution < -0.4 is 10.4 Å². The van der Waals surface area contributed by atoms with Crippen molar-refractivity contribution < 1.29 is 9.31 Å². The lowest BCUT2D eigenvalue weighted by molar-refractivity contribution is 0.00578.